The molecule has 0 unspecified atom stereocenters. The molecule has 0 saturated carbocycles. The number of carbonyl (C=O) groups is 1. The van der Waals surface area contributed by atoms with Gasteiger partial charge < -0.3 is 16.2 Å². The lowest BCUT2D eigenvalue weighted by molar-refractivity contribution is 0.100. The molecule has 0 atom stereocenters. The largest absolute Gasteiger partial charge is 0.496 e. The zero-order valence-electron chi connectivity index (χ0n) is 14.9. The van der Waals surface area contributed by atoms with Crippen molar-refractivity contribution in [1.29, 1.82) is 0 Å². The third kappa shape index (κ3) is 2.97. The molecule has 0 spiro atoms. The number of pyridine rings is 2. The van der Waals surface area contributed by atoms with E-state index in [1.807, 2.05) is 38.1 Å². The molecule has 2 heterocycles. The summed E-state index contributed by atoms with van der Waals surface area (Å²) in [6, 6.07) is 9.08. The van der Waals surface area contributed by atoms with Crippen molar-refractivity contribution in [2.45, 2.75) is 13.8 Å². The average molecular weight is 348 g/mol. The first-order valence-electron chi connectivity index (χ1n) is 8.09. The molecule has 0 aliphatic heterocycles. The maximum Gasteiger partial charge on any atom is 0.250 e. The van der Waals surface area contributed by atoms with E-state index in [2.05, 4.69) is 4.98 Å². The number of aromatic nitrogens is 2. The van der Waals surface area contributed by atoms with Gasteiger partial charge in [0.05, 0.1) is 29.7 Å². The summed E-state index contributed by atoms with van der Waals surface area (Å²) in [6.45, 7) is 3.90. The molecule has 3 aromatic rings. The van der Waals surface area contributed by atoms with E-state index in [9.17, 15) is 4.79 Å². The topological polar surface area (TPSA) is 104 Å². The van der Waals surface area contributed by atoms with Crippen LogP contribution >= 0.6 is 0 Å². The first-order valence-corrected chi connectivity index (χ1v) is 8.09. The van der Waals surface area contributed by atoms with Crippen LogP contribution < -0.4 is 16.2 Å². The van der Waals surface area contributed by atoms with E-state index < -0.39 is 5.91 Å². The molecule has 0 radical (unpaired) electrons. The lowest BCUT2D eigenvalue weighted by atomic mass is 9.95. The molecular weight excluding hydrogens is 328 g/mol. The molecule has 4 N–H and O–H groups in total. The number of carbonyl (C=O) groups excluding carboxylic acids is 1. The molecule has 0 fully saturated rings. The van der Waals surface area contributed by atoms with Gasteiger partial charge >= 0.3 is 0 Å². The number of aryl methyl sites for hydroxylation is 1. The van der Waals surface area contributed by atoms with Crippen molar-refractivity contribution in [1.82, 2.24) is 9.97 Å². The van der Waals surface area contributed by atoms with Gasteiger partial charge in [-0.05, 0) is 43.7 Å². The smallest absolute Gasteiger partial charge is 0.250 e. The fourth-order valence-corrected chi connectivity index (χ4v) is 3.03. The minimum Gasteiger partial charge on any atom is -0.496 e. The monoisotopic (exact) mass is 348 g/mol. The van der Waals surface area contributed by atoms with Gasteiger partial charge in [-0.25, -0.2) is 4.98 Å². The van der Waals surface area contributed by atoms with Crippen LogP contribution in [0.25, 0.3) is 22.5 Å². The fraction of sp³-hybridized carbons (Fsp3) is 0.150. The summed E-state index contributed by atoms with van der Waals surface area (Å²) < 4.78 is 5.43. The van der Waals surface area contributed by atoms with Crippen LogP contribution in [0.3, 0.4) is 0 Å². The Balaban J connectivity index is 2.35. The highest BCUT2D eigenvalue weighted by atomic mass is 16.5. The van der Waals surface area contributed by atoms with Crippen LogP contribution in [0.15, 0.2) is 42.7 Å². The van der Waals surface area contributed by atoms with E-state index in [4.69, 9.17) is 21.2 Å². The second-order valence-corrected chi connectivity index (χ2v) is 6.00. The molecule has 132 valence electrons. The van der Waals surface area contributed by atoms with E-state index >= 15 is 0 Å². The van der Waals surface area contributed by atoms with E-state index in [0.717, 1.165) is 28.0 Å². The number of nitrogens with two attached hydrogens (primary N) is 2. The Labute approximate surface area is 151 Å². The number of hydrogen-bond acceptors (Lipinski definition) is 5. The quantitative estimate of drug-likeness (QED) is 0.754. The highest BCUT2D eigenvalue weighted by molar-refractivity contribution is 6.02. The first-order chi connectivity index (χ1) is 12.4. The highest BCUT2D eigenvalue weighted by Crippen LogP contribution is 2.37. The lowest BCUT2D eigenvalue weighted by Gasteiger charge is -2.17. The zero-order chi connectivity index (χ0) is 18.8. The first kappa shape index (κ1) is 17.4. The van der Waals surface area contributed by atoms with E-state index in [1.54, 1.807) is 25.6 Å². The number of nitrogens with zero attached hydrogens (tertiary/aromatic N) is 2. The number of ether oxygens (including phenoxy) is 1. The van der Waals surface area contributed by atoms with Crippen molar-refractivity contribution in [2.75, 3.05) is 12.8 Å². The standard InChI is InChI=1S/C20H20N4O2/c1-11-4-5-16(26-3)12(2)17(11)19-18(21)14(20(22)25)10-15(24-19)13-6-8-23-9-7-13/h4-10H,21H2,1-3H3,(H2,22,25). The van der Waals surface area contributed by atoms with Crippen molar-refractivity contribution in [2.24, 2.45) is 5.73 Å². The molecule has 0 aliphatic carbocycles. The predicted octanol–water partition coefficient (Wildman–Crippen LogP) is 3.12. The van der Waals surface area contributed by atoms with Crippen molar-refractivity contribution < 1.29 is 9.53 Å². The zero-order valence-corrected chi connectivity index (χ0v) is 14.9. The van der Waals surface area contributed by atoms with Gasteiger partial charge in [0.15, 0.2) is 0 Å². The molecule has 1 aromatic carbocycles. The van der Waals surface area contributed by atoms with Crippen molar-refractivity contribution in [3.63, 3.8) is 0 Å². The normalized spacial score (nSPS) is 10.6. The minimum absolute atomic E-state index is 0.239. The van der Waals surface area contributed by atoms with Crippen molar-refractivity contribution >= 4 is 11.6 Å². The second kappa shape index (κ2) is 6.84. The fourth-order valence-electron chi connectivity index (χ4n) is 3.03. The third-order valence-corrected chi connectivity index (χ3v) is 4.38. The molecule has 2 aromatic heterocycles. The number of anilines is 1. The van der Waals surface area contributed by atoms with Crippen LogP contribution in [-0.2, 0) is 0 Å². The lowest BCUT2D eigenvalue weighted by Crippen LogP contribution is -2.15. The number of nitrogen functional groups attached to an aromatic ring is 1. The minimum atomic E-state index is -0.598. The number of hydrogen-bond donors (Lipinski definition) is 2. The third-order valence-electron chi connectivity index (χ3n) is 4.38. The van der Waals surface area contributed by atoms with Gasteiger partial charge in [0.1, 0.15) is 5.75 Å². The molecule has 6 heteroatoms. The molecule has 3 rings (SSSR count). The van der Waals surface area contributed by atoms with Crippen molar-refractivity contribution in [3.8, 4) is 28.3 Å². The SMILES string of the molecule is COc1ccc(C)c(-c2nc(-c3ccncc3)cc(C(N)=O)c2N)c1C. The molecular formula is C20H20N4O2. The van der Waals surface area contributed by atoms with Crippen LogP contribution in [0, 0.1) is 13.8 Å². The number of methoxy groups -OCH3 is 1. The van der Waals surface area contributed by atoms with Crippen LogP contribution in [0.4, 0.5) is 5.69 Å². The van der Waals surface area contributed by atoms with Crippen LogP contribution in [0.5, 0.6) is 5.75 Å². The predicted molar refractivity (Wildman–Crippen MR) is 102 cm³/mol. The van der Waals surface area contributed by atoms with E-state index in [-0.39, 0.29) is 11.3 Å². The maximum absolute atomic E-state index is 12.0. The van der Waals surface area contributed by atoms with Crippen LogP contribution in [0.2, 0.25) is 0 Å². The molecule has 0 bridgehead atoms. The molecule has 26 heavy (non-hydrogen) atoms. The summed E-state index contributed by atoms with van der Waals surface area (Å²) in [5.74, 6) is 0.126. The van der Waals surface area contributed by atoms with Crippen LogP contribution in [-0.4, -0.2) is 23.0 Å². The Morgan fingerprint density at radius 1 is 1.12 bits per heavy atom. The Hall–Kier alpha value is -3.41. The maximum atomic E-state index is 12.0. The van der Waals surface area contributed by atoms with Gasteiger partial charge in [0.2, 0.25) is 0 Å². The molecule has 0 saturated heterocycles. The summed E-state index contributed by atoms with van der Waals surface area (Å²) in [6.07, 6.45) is 3.33. The molecule has 6 nitrogen and oxygen atoms in total. The van der Waals surface area contributed by atoms with Gasteiger partial charge in [0, 0.05) is 29.1 Å². The Morgan fingerprint density at radius 2 is 1.81 bits per heavy atom. The summed E-state index contributed by atoms with van der Waals surface area (Å²) in [7, 11) is 1.61. The van der Waals surface area contributed by atoms with Gasteiger partial charge in [-0.2, -0.15) is 0 Å². The Morgan fingerprint density at radius 3 is 2.42 bits per heavy atom. The number of primary amides is 1. The summed E-state index contributed by atoms with van der Waals surface area (Å²) in [5, 5.41) is 0. The second-order valence-electron chi connectivity index (χ2n) is 6.00. The number of benzene rings is 1. The van der Waals surface area contributed by atoms with Gasteiger partial charge in [0.25, 0.3) is 5.91 Å². The van der Waals surface area contributed by atoms with Gasteiger partial charge in [-0.1, -0.05) is 6.07 Å². The number of amides is 1. The highest BCUT2D eigenvalue weighted by Gasteiger charge is 2.20. The van der Waals surface area contributed by atoms with E-state index in [1.165, 1.54) is 0 Å². The summed E-state index contributed by atoms with van der Waals surface area (Å²) >= 11 is 0. The Bertz CT molecular complexity index is 985. The molecule has 0 aliphatic rings. The Kier molecular flexibility index (Phi) is 4.58. The van der Waals surface area contributed by atoms with Crippen LogP contribution in [0.1, 0.15) is 21.5 Å². The average Bonchev–Trinajstić information content (AvgIpc) is 2.63. The van der Waals surface area contributed by atoms with Crippen molar-refractivity contribution in [3.05, 3.63) is 59.4 Å². The van der Waals surface area contributed by atoms with Gasteiger partial charge in [-0.15, -0.1) is 0 Å². The number of rotatable bonds is 4. The van der Waals surface area contributed by atoms with Gasteiger partial charge in [-0.3, -0.25) is 9.78 Å². The molecule has 1 amide bonds. The summed E-state index contributed by atoms with van der Waals surface area (Å²) in [4.78, 5) is 20.7. The summed E-state index contributed by atoms with van der Waals surface area (Å²) in [5.41, 5.74) is 17.0. The van der Waals surface area contributed by atoms with E-state index in [0.29, 0.717) is 11.4 Å².